The Labute approximate surface area is 148 Å². The van der Waals surface area contributed by atoms with Gasteiger partial charge in [-0.05, 0) is 18.6 Å². The quantitative estimate of drug-likeness (QED) is 0.374. The summed E-state index contributed by atoms with van der Waals surface area (Å²) in [7, 11) is 0. The van der Waals surface area contributed by atoms with Crippen LogP contribution in [0.3, 0.4) is 0 Å². The maximum absolute atomic E-state index is 10.9. The van der Waals surface area contributed by atoms with Crippen LogP contribution in [0.5, 0.6) is 0 Å². The van der Waals surface area contributed by atoms with Crippen LogP contribution in [0.4, 0.5) is 5.69 Å². The van der Waals surface area contributed by atoms with E-state index in [0.29, 0.717) is 21.8 Å². The summed E-state index contributed by atoms with van der Waals surface area (Å²) in [4.78, 5) is 15.0. The van der Waals surface area contributed by atoms with Crippen molar-refractivity contribution in [2.45, 2.75) is 6.92 Å². The molecule has 0 aliphatic heterocycles. The zero-order valence-corrected chi connectivity index (χ0v) is 14.2. The molecule has 25 heavy (non-hydrogen) atoms. The molecule has 0 radical (unpaired) electrons. The molecule has 0 fully saturated rings. The third-order valence-corrected chi connectivity index (χ3v) is 4.44. The van der Waals surface area contributed by atoms with Crippen molar-refractivity contribution in [3.8, 4) is 17.3 Å². The fourth-order valence-electron chi connectivity index (χ4n) is 2.38. The number of non-ortho nitro benzene ring substituents is 1. The molecule has 0 aliphatic rings. The van der Waals surface area contributed by atoms with E-state index in [4.69, 9.17) is 0 Å². The van der Waals surface area contributed by atoms with Crippen LogP contribution in [0.15, 0.2) is 53.9 Å². The van der Waals surface area contributed by atoms with Gasteiger partial charge in [0.05, 0.1) is 16.2 Å². The molecule has 0 aliphatic carbocycles. The highest BCUT2D eigenvalue weighted by Gasteiger charge is 2.12. The Bertz CT molecular complexity index is 1020. The number of nitriles is 1. The number of allylic oxidation sites excluding steroid dienone is 1. The summed E-state index contributed by atoms with van der Waals surface area (Å²) in [6.07, 6.45) is 1.79. The number of nitrogens with zero attached hydrogens (tertiary/aromatic N) is 3. The number of benzene rings is 2. The topological polar surface area (TPSA) is 79.8 Å². The molecule has 122 valence electrons. The van der Waals surface area contributed by atoms with Gasteiger partial charge < -0.3 is 0 Å². The fourth-order valence-corrected chi connectivity index (χ4v) is 3.17. The molecule has 0 amide bonds. The van der Waals surface area contributed by atoms with Crippen LogP contribution in [0.2, 0.25) is 0 Å². The van der Waals surface area contributed by atoms with E-state index in [0.717, 1.165) is 11.1 Å². The standard InChI is InChI=1S/C19H13N3O2S/c1-13-4-2-5-14(8-13)9-16(11-20)19-21-18(12-25-19)15-6-3-7-17(10-15)22(23)24/h2-10,12H,1H3/b16-9+. The van der Waals surface area contributed by atoms with Crippen molar-refractivity contribution in [2.75, 3.05) is 0 Å². The molecule has 0 spiro atoms. The summed E-state index contributed by atoms with van der Waals surface area (Å²) in [5.74, 6) is 0. The predicted molar refractivity (Wildman–Crippen MR) is 98.9 cm³/mol. The van der Waals surface area contributed by atoms with Gasteiger partial charge in [-0.25, -0.2) is 4.98 Å². The summed E-state index contributed by atoms with van der Waals surface area (Å²) in [6.45, 7) is 1.99. The largest absolute Gasteiger partial charge is 0.270 e. The van der Waals surface area contributed by atoms with Gasteiger partial charge in [-0.2, -0.15) is 5.26 Å². The third-order valence-electron chi connectivity index (χ3n) is 3.56. The van der Waals surface area contributed by atoms with Crippen LogP contribution in [-0.2, 0) is 0 Å². The van der Waals surface area contributed by atoms with Crippen molar-refractivity contribution in [1.29, 1.82) is 5.26 Å². The van der Waals surface area contributed by atoms with Gasteiger partial charge in [0.2, 0.25) is 0 Å². The lowest BCUT2D eigenvalue weighted by atomic mass is 10.1. The first-order valence-corrected chi connectivity index (χ1v) is 8.34. The second kappa shape index (κ2) is 7.07. The first kappa shape index (κ1) is 16.6. The normalized spacial score (nSPS) is 11.1. The van der Waals surface area contributed by atoms with Crippen LogP contribution in [0.25, 0.3) is 22.9 Å². The minimum Gasteiger partial charge on any atom is -0.258 e. The molecule has 0 unspecified atom stereocenters. The summed E-state index contributed by atoms with van der Waals surface area (Å²) in [5.41, 5.74) is 3.81. The Morgan fingerprint density at radius 1 is 1.28 bits per heavy atom. The minimum absolute atomic E-state index is 0.0165. The lowest BCUT2D eigenvalue weighted by Crippen LogP contribution is -1.88. The van der Waals surface area contributed by atoms with Gasteiger partial charge in [0.15, 0.2) is 0 Å². The number of aryl methyl sites for hydroxylation is 1. The average Bonchev–Trinajstić information content (AvgIpc) is 3.10. The number of hydrogen-bond acceptors (Lipinski definition) is 5. The van der Waals surface area contributed by atoms with Crippen molar-refractivity contribution in [3.05, 3.63) is 80.2 Å². The fraction of sp³-hybridized carbons (Fsp3) is 0.0526. The maximum Gasteiger partial charge on any atom is 0.270 e. The Morgan fingerprint density at radius 3 is 2.80 bits per heavy atom. The van der Waals surface area contributed by atoms with E-state index in [1.165, 1.54) is 23.5 Å². The highest BCUT2D eigenvalue weighted by Crippen LogP contribution is 2.29. The number of hydrogen-bond donors (Lipinski definition) is 0. The van der Waals surface area contributed by atoms with Crippen LogP contribution >= 0.6 is 11.3 Å². The van der Waals surface area contributed by atoms with E-state index in [1.807, 2.05) is 31.2 Å². The van der Waals surface area contributed by atoms with Crippen molar-refractivity contribution >= 4 is 28.7 Å². The zero-order valence-electron chi connectivity index (χ0n) is 13.3. The van der Waals surface area contributed by atoms with Crippen molar-refractivity contribution in [2.24, 2.45) is 0 Å². The average molecular weight is 347 g/mol. The Hall–Kier alpha value is -3.30. The molecule has 0 saturated heterocycles. The molecule has 1 heterocycles. The number of nitro groups is 1. The van der Waals surface area contributed by atoms with Gasteiger partial charge in [-0.3, -0.25) is 10.1 Å². The molecule has 5 nitrogen and oxygen atoms in total. The van der Waals surface area contributed by atoms with Crippen LogP contribution in [0, 0.1) is 28.4 Å². The van der Waals surface area contributed by atoms with E-state index >= 15 is 0 Å². The second-order valence-corrected chi connectivity index (χ2v) is 6.29. The van der Waals surface area contributed by atoms with E-state index in [1.54, 1.807) is 23.6 Å². The molecular weight excluding hydrogens is 334 g/mol. The first-order chi connectivity index (χ1) is 12.1. The summed E-state index contributed by atoms with van der Waals surface area (Å²) < 4.78 is 0. The van der Waals surface area contributed by atoms with E-state index in [-0.39, 0.29) is 5.69 Å². The predicted octanol–water partition coefficient (Wildman–Crippen LogP) is 5.09. The molecular formula is C19H13N3O2S. The molecule has 3 aromatic rings. The SMILES string of the molecule is Cc1cccc(/C=C(\C#N)c2nc(-c3cccc([N+](=O)[O-])c3)cs2)c1. The Morgan fingerprint density at radius 2 is 2.08 bits per heavy atom. The molecule has 1 aromatic heterocycles. The Kier molecular flexibility index (Phi) is 4.68. The summed E-state index contributed by atoms with van der Waals surface area (Å²) in [5, 5.41) is 22.8. The lowest BCUT2D eigenvalue weighted by molar-refractivity contribution is -0.384. The van der Waals surface area contributed by atoms with Crippen molar-refractivity contribution < 1.29 is 4.92 Å². The van der Waals surface area contributed by atoms with Crippen LogP contribution in [-0.4, -0.2) is 9.91 Å². The second-order valence-electron chi connectivity index (χ2n) is 5.43. The number of thiazole rings is 1. The van der Waals surface area contributed by atoms with Gasteiger partial charge >= 0.3 is 0 Å². The molecule has 0 bridgehead atoms. The Balaban J connectivity index is 1.96. The van der Waals surface area contributed by atoms with Crippen LogP contribution in [0.1, 0.15) is 16.1 Å². The van der Waals surface area contributed by atoms with Gasteiger partial charge in [0.1, 0.15) is 11.1 Å². The van der Waals surface area contributed by atoms with Crippen molar-refractivity contribution in [1.82, 2.24) is 4.98 Å². The molecule has 2 aromatic carbocycles. The monoisotopic (exact) mass is 347 g/mol. The lowest BCUT2D eigenvalue weighted by Gasteiger charge is -1.98. The third kappa shape index (κ3) is 3.79. The van der Waals surface area contributed by atoms with E-state index in [2.05, 4.69) is 11.1 Å². The van der Waals surface area contributed by atoms with Gasteiger partial charge in [-0.15, -0.1) is 11.3 Å². The summed E-state index contributed by atoms with van der Waals surface area (Å²) in [6, 6.07) is 16.3. The summed E-state index contributed by atoms with van der Waals surface area (Å²) >= 11 is 1.34. The number of nitro benzene ring substituents is 1. The number of rotatable bonds is 4. The van der Waals surface area contributed by atoms with Gasteiger partial charge in [0, 0.05) is 23.1 Å². The highest BCUT2D eigenvalue weighted by molar-refractivity contribution is 7.11. The maximum atomic E-state index is 10.9. The molecule has 6 heteroatoms. The molecule has 0 N–H and O–H groups in total. The molecule has 3 rings (SSSR count). The van der Waals surface area contributed by atoms with Crippen molar-refractivity contribution in [3.63, 3.8) is 0 Å². The van der Waals surface area contributed by atoms with E-state index < -0.39 is 4.92 Å². The van der Waals surface area contributed by atoms with E-state index in [9.17, 15) is 15.4 Å². The molecule has 0 saturated carbocycles. The highest BCUT2D eigenvalue weighted by atomic mass is 32.1. The zero-order chi connectivity index (χ0) is 17.8. The smallest absolute Gasteiger partial charge is 0.258 e. The van der Waals surface area contributed by atoms with Crippen LogP contribution < -0.4 is 0 Å². The molecule has 0 atom stereocenters. The first-order valence-electron chi connectivity index (χ1n) is 7.46. The number of aromatic nitrogens is 1. The van der Waals surface area contributed by atoms with Gasteiger partial charge in [0.25, 0.3) is 5.69 Å². The minimum atomic E-state index is -0.435. The van der Waals surface area contributed by atoms with Gasteiger partial charge in [-0.1, -0.05) is 42.0 Å².